The summed E-state index contributed by atoms with van der Waals surface area (Å²) in [6.45, 7) is 2.39. The maximum Gasteiger partial charge on any atom is 0.236 e. The number of benzene rings is 1. The molecular formula is C19H19Cl2N5O2S2. The molecule has 11 heteroatoms. The number of pyridine rings is 1. The summed E-state index contributed by atoms with van der Waals surface area (Å²) in [6, 6.07) is 11.0. The molecule has 0 aliphatic carbocycles. The van der Waals surface area contributed by atoms with Gasteiger partial charge < -0.3 is 0 Å². The lowest BCUT2D eigenvalue weighted by atomic mass is 10.2. The Bertz CT molecular complexity index is 1250. The van der Waals surface area contributed by atoms with Crippen molar-refractivity contribution in [2.45, 2.75) is 6.67 Å². The molecule has 2 aromatic heterocycles. The van der Waals surface area contributed by atoms with Crippen LogP contribution in [0.15, 0.2) is 48.0 Å². The Morgan fingerprint density at radius 1 is 1.10 bits per heavy atom. The molecule has 7 nitrogen and oxygen atoms in total. The summed E-state index contributed by atoms with van der Waals surface area (Å²) >= 11 is 17.7. The number of halogens is 2. The van der Waals surface area contributed by atoms with Crippen molar-refractivity contribution in [1.82, 2.24) is 23.4 Å². The second-order valence-corrected chi connectivity index (χ2v) is 9.93. The van der Waals surface area contributed by atoms with E-state index in [9.17, 15) is 8.42 Å². The molecule has 0 saturated carbocycles. The van der Waals surface area contributed by atoms with Gasteiger partial charge in [-0.1, -0.05) is 53.5 Å². The van der Waals surface area contributed by atoms with Crippen molar-refractivity contribution in [2.24, 2.45) is 0 Å². The Morgan fingerprint density at radius 2 is 1.80 bits per heavy atom. The number of sulfonamides is 1. The van der Waals surface area contributed by atoms with Crippen molar-refractivity contribution in [1.29, 1.82) is 0 Å². The largest absolute Gasteiger partial charge is 0.282 e. The van der Waals surface area contributed by atoms with E-state index in [0.717, 1.165) is 5.56 Å². The van der Waals surface area contributed by atoms with Crippen LogP contribution in [0.25, 0.3) is 11.7 Å². The summed E-state index contributed by atoms with van der Waals surface area (Å²) in [5.74, 6) is 0. The van der Waals surface area contributed by atoms with E-state index in [2.05, 4.69) is 10.00 Å². The highest BCUT2D eigenvalue weighted by molar-refractivity contribution is 7.92. The first kappa shape index (κ1) is 21.5. The van der Waals surface area contributed by atoms with Gasteiger partial charge in [-0.05, 0) is 29.9 Å². The SMILES string of the molecule is O=S(=O)(C=Cc1ccccc1)N1CCN(Cn2nc3c(Cl)cc(Cl)cn3c2=S)CC1. The van der Waals surface area contributed by atoms with E-state index >= 15 is 0 Å². The molecule has 0 radical (unpaired) electrons. The van der Waals surface area contributed by atoms with Gasteiger partial charge in [-0.3, -0.25) is 9.30 Å². The average Bonchev–Trinajstić information content (AvgIpc) is 3.04. The van der Waals surface area contributed by atoms with Crippen molar-refractivity contribution in [3.8, 4) is 0 Å². The third kappa shape index (κ3) is 4.61. The number of fused-ring (bicyclic) bond motifs is 1. The van der Waals surface area contributed by atoms with Gasteiger partial charge in [0.1, 0.15) is 0 Å². The summed E-state index contributed by atoms with van der Waals surface area (Å²) in [6.07, 6.45) is 3.30. The van der Waals surface area contributed by atoms with E-state index in [0.29, 0.717) is 53.3 Å². The first-order valence-electron chi connectivity index (χ1n) is 9.23. The second kappa shape index (κ2) is 8.78. The minimum absolute atomic E-state index is 0.398. The average molecular weight is 484 g/mol. The summed E-state index contributed by atoms with van der Waals surface area (Å²) in [5.41, 5.74) is 1.39. The van der Waals surface area contributed by atoms with Gasteiger partial charge >= 0.3 is 0 Å². The molecule has 3 heterocycles. The van der Waals surface area contributed by atoms with Crippen molar-refractivity contribution in [3.63, 3.8) is 0 Å². The molecule has 1 aliphatic rings. The maximum atomic E-state index is 12.6. The summed E-state index contributed by atoms with van der Waals surface area (Å²) in [4.78, 5) is 2.10. The van der Waals surface area contributed by atoms with Crippen LogP contribution >= 0.6 is 35.4 Å². The summed E-state index contributed by atoms with van der Waals surface area (Å²) in [7, 11) is -3.47. The molecule has 3 aromatic rings. The van der Waals surface area contributed by atoms with Crippen LogP contribution in [0.1, 0.15) is 5.56 Å². The zero-order valence-electron chi connectivity index (χ0n) is 15.9. The maximum absolute atomic E-state index is 12.6. The number of piperazine rings is 1. The Kier molecular flexibility index (Phi) is 6.29. The molecule has 0 N–H and O–H groups in total. The van der Waals surface area contributed by atoms with Gasteiger partial charge in [0.15, 0.2) is 5.65 Å². The Morgan fingerprint density at radius 3 is 2.50 bits per heavy atom. The smallest absolute Gasteiger partial charge is 0.236 e. The lowest BCUT2D eigenvalue weighted by Gasteiger charge is -2.32. The van der Waals surface area contributed by atoms with E-state index < -0.39 is 10.0 Å². The zero-order valence-corrected chi connectivity index (χ0v) is 19.0. The van der Waals surface area contributed by atoms with E-state index in [-0.39, 0.29) is 0 Å². The van der Waals surface area contributed by atoms with Gasteiger partial charge in [-0.2, -0.15) is 4.31 Å². The Labute approximate surface area is 189 Å². The highest BCUT2D eigenvalue weighted by Crippen LogP contribution is 2.21. The topological polar surface area (TPSA) is 62.9 Å². The molecule has 4 rings (SSSR count). The van der Waals surface area contributed by atoms with Gasteiger partial charge in [-0.15, -0.1) is 5.10 Å². The Balaban J connectivity index is 1.42. The summed E-state index contributed by atoms with van der Waals surface area (Å²) in [5, 5.41) is 6.65. The minimum Gasteiger partial charge on any atom is -0.282 e. The highest BCUT2D eigenvalue weighted by atomic mass is 35.5. The van der Waals surface area contributed by atoms with Crippen molar-refractivity contribution < 1.29 is 8.42 Å². The van der Waals surface area contributed by atoms with E-state index in [1.54, 1.807) is 27.4 Å². The monoisotopic (exact) mass is 483 g/mol. The molecule has 1 saturated heterocycles. The molecule has 1 aliphatic heterocycles. The van der Waals surface area contributed by atoms with Crippen LogP contribution in [0.5, 0.6) is 0 Å². The van der Waals surface area contributed by atoms with E-state index in [4.69, 9.17) is 35.4 Å². The number of nitrogens with zero attached hydrogens (tertiary/aromatic N) is 5. The number of aromatic nitrogens is 3. The predicted octanol–water partition coefficient (Wildman–Crippen LogP) is 3.75. The first-order valence-corrected chi connectivity index (χ1v) is 11.9. The van der Waals surface area contributed by atoms with Crippen LogP contribution in [0.4, 0.5) is 0 Å². The highest BCUT2D eigenvalue weighted by Gasteiger charge is 2.25. The fourth-order valence-electron chi connectivity index (χ4n) is 3.27. The number of rotatable bonds is 5. The standard InChI is InChI=1S/C19H19Cl2N5O2S2/c20-16-12-17(21)18-22-26(19(29)25(18)13-16)14-23-7-9-24(10-8-23)30(27,28)11-6-15-4-2-1-3-5-15/h1-6,11-13H,7-10,14H2. The van der Waals surface area contributed by atoms with Crippen LogP contribution in [-0.2, 0) is 16.7 Å². The van der Waals surface area contributed by atoms with Gasteiger partial charge in [0, 0.05) is 37.8 Å². The third-order valence-corrected chi connectivity index (χ3v) is 7.32. The molecule has 0 bridgehead atoms. The van der Waals surface area contributed by atoms with Crippen LogP contribution in [0, 0.1) is 4.77 Å². The first-order chi connectivity index (χ1) is 14.3. The van der Waals surface area contributed by atoms with Crippen molar-refractivity contribution in [3.05, 3.63) is 68.4 Å². The predicted molar refractivity (Wildman–Crippen MR) is 122 cm³/mol. The number of hydrogen-bond acceptors (Lipinski definition) is 5. The normalized spacial score (nSPS) is 16.6. The lowest BCUT2D eigenvalue weighted by Crippen LogP contribution is -2.48. The van der Waals surface area contributed by atoms with Crippen LogP contribution in [0.2, 0.25) is 10.0 Å². The van der Waals surface area contributed by atoms with Crippen molar-refractivity contribution in [2.75, 3.05) is 26.2 Å². The fraction of sp³-hybridized carbons (Fsp3) is 0.263. The molecule has 30 heavy (non-hydrogen) atoms. The minimum atomic E-state index is -3.47. The Hall–Kier alpha value is -1.75. The van der Waals surface area contributed by atoms with Gasteiger partial charge in [-0.25, -0.2) is 13.1 Å². The second-order valence-electron chi connectivity index (χ2n) is 6.90. The molecule has 0 unspecified atom stereocenters. The molecule has 158 valence electrons. The van der Waals surface area contributed by atoms with Crippen LogP contribution in [-0.4, -0.2) is 58.0 Å². The molecule has 0 amide bonds. The summed E-state index contributed by atoms with van der Waals surface area (Å²) < 4.78 is 30.6. The molecule has 0 spiro atoms. The molecular weight excluding hydrogens is 465 g/mol. The van der Waals surface area contributed by atoms with Crippen LogP contribution < -0.4 is 0 Å². The third-order valence-electron chi connectivity index (χ3n) is 4.86. The van der Waals surface area contributed by atoms with E-state index in [1.807, 2.05) is 30.3 Å². The van der Waals surface area contributed by atoms with Crippen LogP contribution in [0.3, 0.4) is 0 Å². The van der Waals surface area contributed by atoms with Gasteiger partial charge in [0.05, 0.1) is 16.7 Å². The zero-order chi connectivity index (χ0) is 21.3. The quantitative estimate of drug-likeness (QED) is 0.517. The van der Waals surface area contributed by atoms with E-state index in [1.165, 1.54) is 9.71 Å². The fourth-order valence-corrected chi connectivity index (χ4v) is 5.19. The van der Waals surface area contributed by atoms with Crippen molar-refractivity contribution >= 4 is 57.2 Å². The molecule has 0 atom stereocenters. The van der Waals surface area contributed by atoms with Gasteiger partial charge in [0.2, 0.25) is 14.8 Å². The number of hydrogen-bond donors (Lipinski definition) is 0. The molecule has 1 aromatic carbocycles. The van der Waals surface area contributed by atoms with Gasteiger partial charge in [0.25, 0.3) is 0 Å². The lowest BCUT2D eigenvalue weighted by molar-refractivity contribution is 0.145. The molecule has 1 fully saturated rings.